The van der Waals surface area contributed by atoms with Crippen LogP contribution in [-0.4, -0.2) is 38.8 Å². The van der Waals surface area contributed by atoms with E-state index in [-0.39, 0.29) is 17.9 Å². The summed E-state index contributed by atoms with van der Waals surface area (Å²) in [6, 6.07) is 4.64. The maximum absolute atomic E-state index is 12.6. The first kappa shape index (κ1) is 16.9. The van der Waals surface area contributed by atoms with E-state index >= 15 is 0 Å². The molecule has 2 aromatic rings. The predicted molar refractivity (Wildman–Crippen MR) is 79.9 cm³/mol. The van der Waals surface area contributed by atoms with Crippen LogP contribution in [0.15, 0.2) is 28.8 Å². The van der Waals surface area contributed by atoms with Crippen LogP contribution in [0, 0.1) is 0 Å². The molecule has 1 aromatic carbocycles. The first-order chi connectivity index (χ1) is 11.3. The second-order valence-corrected chi connectivity index (χ2v) is 6.23. The van der Waals surface area contributed by atoms with Crippen LogP contribution in [0.5, 0.6) is 0 Å². The second-order valence-electron chi connectivity index (χ2n) is 6.23. The van der Waals surface area contributed by atoms with Gasteiger partial charge in [-0.2, -0.15) is 18.2 Å². The van der Waals surface area contributed by atoms with Crippen LogP contribution in [0.1, 0.15) is 37.8 Å². The van der Waals surface area contributed by atoms with Crippen LogP contribution in [0.4, 0.5) is 13.2 Å². The molecule has 1 aliphatic rings. The lowest BCUT2D eigenvalue weighted by atomic mass is 10.1. The molecule has 0 spiro atoms. The summed E-state index contributed by atoms with van der Waals surface area (Å²) >= 11 is 0. The van der Waals surface area contributed by atoms with Crippen LogP contribution >= 0.6 is 0 Å². The predicted octanol–water partition coefficient (Wildman–Crippen LogP) is 3.27. The fourth-order valence-corrected chi connectivity index (χ4v) is 2.95. The normalized spacial score (nSPS) is 22.5. The van der Waals surface area contributed by atoms with Crippen molar-refractivity contribution in [1.29, 1.82) is 0 Å². The molecule has 1 fully saturated rings. The standard InChI is InChI=1S/C16H18F3N3O2/c1-9(2)22-8-12(23)7-13(22)15-20-14(21-24-15)10-3-5-11(6-4-10)16(17,18)19/h3-6,9,12-13,23H,7-8H2,1-2H3. The van der Waals surface area contributed by atoms with E-state index in [2.05, 4.69) is 15.0 Å². The van der Waals surface area contributed by atoms with Gasteiger partial charge in [0.25, 0.3) is 0 Å². The van der Waals surface area contributed by atoms with Crippen LogP contribution in [0.25, 0.3) is 11.4 Å². The number of β-amino-alcohol motifs (C(OH)–C–C–N with tert-alkyl or cyclic N) is 1. The summed E-state index contributed by atoms with van der Waals surface area (Å²) < 4.78 is 43.1. The lowest BCUT2D eigenvalue weighted by Gasteiger charge is -2.25. The van der Waals surface area contributed by atoms with Gasteiger partial charge in [-0.25, -0.2) is 0 Å². The average Bonchev–Trinajstić information content (AvgIpc) is 3.13. The third-order valence-corrected chi connectivity index (χ3v) is 4.18. The van der Waals surface area contributed by atoms with Gasteiger partial charge in [-0.05, 0) is 32.4 Å². The van der Waals surface area contributed by atoms with E-state index < -0.39 is 17.8 Å². The van der Waals surface area contributed by atoms with Crippen molar-refractivity contribution in [3.05, 3.63) is 35.7 Å². The number of hydrogen-bond acceptors (Lipinski definition) is 5. The highest BCUT2D eigenvalue weighted by Gasteiger charge is 2.37. The summed E-state index contributed by atoms with van der Waals surface area (Å²) in [4.78, 5) is 6.37. The van der Waals surface area contributed by atoms with Crippen molar-refractivity contribution in [1.82, 2.24) is 15.0 Å². The van der Waals surface area contributed by atoms with Crippen LogP contribution in [0.2, 0.25) is 0 Å². The van der Waals surface area contributed by atoms with Gasteiger partial charge in [0, 0.05) is 18.2 Å². The largest absolute Gasteiger partial charge is 0.416 e. The van der Waals surface area contributed by atoms with Crippen molar-refractivity contribution in [2.75, 3.05) is 6.54 Å². The summed E-state index contributed by atoms with van der Waals surface area (Å²) in [6.45, 7) is 4.55. The monoisotopic (exact) mass is 341 g/mol. The zero-order valence-corrected chi connectivity index (χ0v) is 13.3. The van der Waals surface area contributed by atoms with Gasteiger partial charge in [0.15, 0.2) is 0 Å². The summed E-state index contributed by atoms with van der Waals surface area (Å²) in [7, 11) is 0. The minimum Gasteiger partial charge on any atom is -0.392 e. The first-order valence-electron chi connectivity index (χ1n) is 7.70. The summed E-state index contributed by atoms with van der Waals surface area (Å²) in [6.07, 6.45) is -4.34. The van der Waals surface area contributed by atoms with Gasteiger partial charge in [-0.15, -0.1) is 0 Å². The minimum absolute atomic E-state index is 0.185. The number of halogens is 3. The molecule has 2 atom stereocenters. The third-order valence-electron chi connectivity index (χ3n) is 4.18. The average molecular weight is 341 g/mol. The molecule has 0 amide bonds. The molecular weight excluding hydrogens is 323 g/mol. The molecule has 3 rings (SSSR count). The van der Waals surface area contributed by atoms with E-state index in [0.717, 1.165) is 12.1 Å². The Bertz CT molecular complexity index is 697. The number of nitrogens with zero attached hydrogens (tertiary/aromatic N) is 3. The van der Waals surface area contributed by atoms with Gasteiger partial charge < -0.3 is 9.63 Å². The maximum atomic E-state index is 12.6. The number of rotatable bonds is 3. The highest BCUT2D eigenvalue weighted by Crippen LogP contribution is 2.34. The first-order valence-corrected chi connectivity index (χ1v) is 7.70. The van der Waals surface area contributed by atoms with Crippen molar-refractivity contribution in [3.63, 3.8) is 0 Å². The molecule has 0 bridgehead atoms. The minimum atomic E-state index is -4.38. The zero-order chi connectivity index (χ0) is 17.5. The molecule has 0 aliphatic carbocycles. The quantitative estimate of drug-likeness (QED) is 0.928. The summed E-state index contributed by atoms with van der Waals surface area (Å²) in [5.41, 5.74) is -0.271. The molecule has 1 saturated heterocycles. The fourth-order valence-electron chi connectivity index (χ4n) is 2.95. The number of benzene rings is 1. The third kappa shape index (κ3) is 3.29. The molecule has 130 valence electrons. The lowest BCUT2D eigenvalue weighted by Crippen LogP contribution is -2.31. The Labute approximate surface area is 137 Å². The van der Waals surface area contributed by atoms with Crippen LogP contribution in [-0.2, 0) is 6.18 Å². The number of alkyl halides is 3. The molecule has 1 N–H and O–H groups in total. The fraction of sp³-hybridized carbons (Fsp3) is 0.500. The number of aliphatic hydroxyl groups is 1. The van der Waals surface area contributed by atoms with Crippen molar-refractivity contribution < 1.29 is 22.8 Å². The number of hydrogen-bond donors (Lipinski definition) is 1. The molecule has 1 aliphatic heterocycles. The van der Waals surface area contributed by atoms with E-state index in [9.17, 15) is 18.3 Å². The van der Waals surface area contributed by atoms with Crippen molar-refractivity contribution >= 4 is 0 Å². The molecule has 2 unspecified atom stereocenters. The molecule has 5 nitrogen and oxygen atoms in total. The van der Waals surface area contributed by atoms with Crippen LogP contribution in [0.3, 0.4) is 0 Å². The van der Waals surface area contributed by atoms with Gasteiger partial charge in [0.1, 0.15) is 0 Å². The zero-order valence-electron chi connectivity index (χ0n) is 13.3. The molecule has 2 heterocycles. The van der Waals surface area contributed by atoms with Gasteiger partial charge in [0.2, 0.25) is 11.7 Å². The molecule has 24 heavy (non-hydrogen) atoms. The van der Waals surface area contributed by atoms with E-state index in [0.29, 0.717) is 24.4 Å². The van der Waals surface area contributed by atoms with Crippen molar-refractivity contribution in [2.45, 2.75) is 44.6 Å². The molecule has 0 saturated carbocycles. The number of likely N-dealkylation sites (tertiary alicyclic amines) is 1. The Balaban J connectivity index is 1.83. The Morgan fingerprint density at radius 2 is 1.92 bits per heavy atom. The Morgan fingerprint density at radius 1 is 1.25 bits per heavy atom. The number of aliphatic hydroxyl groups excluding tert-OH is 1. The van der Waals surface area contributed by atoms with Crippen LogP contribution < -0.4 is 0 Å². The molecular formula is C16H18F3N3O2. The van der Waals surface area contributed by atoms with E-state index in [1.165, 1.54) is 12.1 Å². The van der Waals surface area contributed by atoms with Crippen molar-refractivity contribution in [3.8, 4) is 11.4 Å². The smallest absolute Gasteiger partial charge is 0.392 e. The Morgan fingerprint density at radius 3 is 2.50 bits per heavy atom. The SMILES string of the molecule is CC(C)N1CC(O)CC1c1nc(-c2ccc(C(F)(F)F)cc2)no1. The van der Waals surface area contributed by atoms with E-state index in [1.54, 1.807) is 0 Å². The summed E-state index contributed by atoms with van der Waals surface area (Å²) in [5.74, 6) is 0.610. The summed E-state index contributed by atoms with van der Waals surface area (Å²) in [5, 5.41) is 13.7. The van der Waals surface area contributed by atoms with Gasteiger partial charge >= 0.3 is 6.18 Å². The number of aromatic nitrogens is 2. The van der Waals surface area contributed by atoms with Gasteiger partial charge in [0.05, 0.1) is 17.7 Å². The van der Waals surface area contributed by atoms with E-state index in [4.69, 9.17) is 4.52 Å². The highest BCUT2D eigenvalue weighted by atomic mass is 19.4. The van der Waals surface area contributed by atoms with Crippen molar-refractivity contribution in [2.24, 2.45) is 0 Å². The maximum Gasteiger partial charge on any atom is 0.416 e. The van der Waals surface area contributed by atoms with Gasteiger partial charge in [-0.1, -0.05) is 17.3 Å². The second kappa shape index (κ2) is 6.18. The molecule has 8 heteroatoms. The van der Waals surface area contributed by atoms with E-state index in [1.807, 2.05) is 13.8 Å². The Kier molecular flexibility index (Phi) is 4.35. The topological polar surface area (TPSA) is 62.4 Å². The Hall–Kier alpha value is -1.93. The van der Waals surface area contributed by atoms with Gasteiger partial charge in [-0.3, -0.25) is 4.90 Å². The lowest BCUT2D eigenvalue weighted by molar-refractivity contribution is -0.137. The highest BCUT2D eigenvalue weighted by molar-refractivity contribution is 5.54. The molecule has 1 aromatic heterocycles. The molecule has 0 radical (unpaired) electrons.